The minimum Gasteiger partial charge on any atom is -0.314 e. The minimum atomic E-state index is -3.73. The number of benzene rings is 2. The van der Waals surface area contributed by atoms with E-state index in [2.05, 4.69) is 4.99 Å². The van der Waals surface area contributed by atoms with Gasteiger partial charge in [0.25, 0.3) is 0 Å². The van der Waals surface area contributed by atoms with E-state index >= 15 is 0 Å². The maximum Gasteiger partial charge on any atom is 0.249 e. The summed E-state index contributed by atoms with van der Waals surface area (Å²) in [6.45, 7) is 2.42. The first kappa shape index (κ1) is 20.3. The van der Waals surface area contributed by atoms with Gasteiger partial charge in [0, 0.05) is 13.0 Å². The predicted octanol–water partition coefficient (Wildman–Crippen LogP) is 3.68. The summed E-state index contributed by atoms with van der Waals surface area (Å²) in [4.78, 5) is 16.6. The number of sulfone groups is 1. The first-order valence-corrected chi connectivity index (χ1v) is 11.1. The number of aromatic nitrogens is 1. The maximum atomic E-state index is 14.2. The average molecular weight is 424 g/mol. The molecule has 0 unspecified atom stereocenters. The Morgan fingerprint density at radius 2 is 1.86 bits per heavy atom. The van der Waals surface area contributed by atoms with Gasteiger partial charge in [-0.3, -0.25) is 4.79 Å². The van der Waals surface area contributed by atoms with Crippen molar-refractivity contribution in [1.82, 2.24) is 4.57 Å². The second-order valence-electron chi connectivity index (χ2n) is 6.15. The summed E-state index contributed by atoms with van der Waals surface area (Å²) in [5, 5.41) is 0. The summed E-state index contributed by atoms with van der Waals surface area (Å²) in [7, 11) is -3.73. The van der Waals surface area contributed by atoms with Gasteiger partial charge in [-0.05, 0) is 42.8 Å². The normalized spacial score (nSPS) is 12.6. The van der Waals surface area contributed by atoms with Gasteiger partial charge in [0.15, 0.2) is 14.6 Å². The molecular weight excluding hydrogens is 406 g/mol. The quantitative estimate of drug-likeness (QED) is 0.567. The number of thiazole rings is 1. The Hall–Kier alpha value is -2.39. The number of halogens is 2. The van der Waals surface area contributed by atoms with E-state index in [0.29, 0.717) is 21.6 Å². The van der Waals surface area contributed by atoms with Crippen molar-refractivity contribution in [3.05, 3.63) is 58.9 Å². The second kappa shape index (κ2) is 8.32. The average Bonchev–Trinajstić information content (AvgIpc) is 2.99. The standard InChI is InChI=1S/C19H18F2N2O3S2/c1-2-11-23-18-15(21)4-3-5-16(18)27-19(23)22-17(24)10-12-28(25,26)14-8-6-13(20)7-9-14/h3-9H,2,10-12H2,1H3. The predicted molar refractivity (Wildman–Crippen MR) is 104 cm³/mol. The molecule has 0 N–H and O–H groups in total. The molecule has 3 rings (SSSR count). The molecule has 0 bridgehead atoms. The number of hydrogen-bond donors (Lipinski definition) is 0. The van der Waals surface area contributed by atoms with Crippen LogP contribution in [0.2, 0.25) is 0 Å². The third kappa shape index (κ3) is 4.36. The lowest BCUT2D eigenvalue weighted by molar-refractivity contribution is -0.117. The zero-order valence-electron chi connectivity index (χ0n) is 15.1. The van der Waals surface area contributed by atoms with Crippen LogP contribution in [-0.4, -0.2) is 24.6 Å². The largest absolute Gasteiger partial charge is 0.314 e. The first-order valence-electron chi connectivity index (χ1n) is 8.65. The van der Waals surface area contributed by atoms with E-state index in [1.807, 2.05) is 6.92 Å². The summed E-state index contributed by atoms with van der Waals surface area (Å²) in [5.74, 6) is -1.98. The molecule has 0 atom stereocenters. The van der Waals surface area contributed by atoms with Crippen molar-refractivity contribution in [3.63, 3.8) is 0 Å². The molecule has 0 aliphatic rings. The highest BCUT2D eigenvalue weighted by molar-refractivity contribution is 7.91. The molecule has 0 radical (unpaired) electrons. The lowest BCUT2D eigenvalue weighted by Gasteiger charge is -2.04. The van der Waals surface area contributed by atoms with Gasteiger partial charge in [-0.1, -0.05) is 24.3 Å². The van der Waals surface area contributed by atoms with E-state index in [4.69, 9.17) is 0 Å². The molecule has 5 nitrogen and oxygen atoms in total. The molecule has 148 valence electrons. The van der Waals surface area contributed by atoms with Gasteiger partial charge in [0.1, 0.15) is 11.6 Å². The topological polar surface area (TPSA) is 68.5 Å². The zero-order chi connectivity index (χ0) is 20.3. The van der Waals surface area contributed by atoms with E-state index in [1.165, 1.54) is 17.4 Å². The molecule has 0 fully saturated rings. The number of carbonyl (C=O) groups excluding carboxylic acids is 1. The van der Waals surface area contributed by atoms with E-state index in [9.17, 15) is 22.0 Å². The molecular formula is C19H18F2N2O3S2. The number of amides is 1. The first-order chi connectivity index (χ1) is 13.3. The van der Waals surface area contributed by atoms with E-state index in [0.717, 1.165) is 30.7 Å². The smallest absolute Gasteiger partial charge is 0.249 e. The lowest BCUT2D eigenvalue weighted by atomic mass is 10.3. The van der Waals surface area contributed by atoms with E-state index in [1.54, 1.807) is 16.7 Å². The Morgan fingerprint density at radius 1 is 1.14 bits per heavy atom. The molecule has 1 aromatic heterocycles. The highest BCUT2D eigenvalue weighted by atomic mass is 32.2. The van der Waals surface area contributed by atoms with Crippen molar-refractivity contribution in [2.45, 2.75) is 31.2 Å². The van der Waals surface area contributed by atoms with Crippen LogP contribution in [0.1, 0.15) is 19.8 Å². The molecule has 2 aromatic carbocycles. The number of fused-ring (bicyclic) bond motifs is 1. The number of hydrogen-bond acceptors (Lipinski definition) is 4. The fourth-order valence-corrected chi connectivity index (χ4v) is 5.06. The van der Waals surface area contributed by atoms with E-state index in [-0.39, 0.29) is 11.3 Å². The van der Waals surface area contributed by atoms with Gasteiger partial charge in [-0.25, -0.2) is 17.2 Å². The van der Waals surface area contributed by atoms with Crippen LogP contribution in [0, 0.1) is 11.6 Å². The van der Waals surface area contributed by atoms with Crippen LogP contribution in [0.15, 0.2) is 52.4 Å². The number of carbonyl (C=O) groups is 1. The van der Waals surface area contributed by atoms with Crippen LogP contribution < -0.4 is 4.80 Å². The Balaban J connectivity index is 1.86. The molecule has 1 heterocycles. The molecule has 0 spiro atoms. The fourth-order valence-electron chi connectivity index (χ4n) is 2.75. The molecule has 9 heteroatoms. The lowest BCUT2D eigenvalue weighted by Crippen LogP contribution is -2.18. The van der Waals surface area contributed by atoms with Crippen molar-refractivity contribution in [2.75, 3.05) is 5.75 Å². The Morgan fingerprint density at radius 3 is 2.54 bits per heavy atom. The Labute approximate surface area is 164 Å². The number of nitrogens with zero attached hydrogens (tertiary/aromatic N) is 2. The van der Waals surface area contributed by atoms with Crippen LogP contribution >= 0.6 is 11.3 Å². The second-order valence-corrected chi connectivity index (χ2v) is 9.27. The number of para-hydroxylation sites is 1. The van der Waals surface area contributed by atoms with Gasteiger partial charge < -0.3 is 4.57 Å². The Bertz CT molecular complexity index is 1180. The molecule has 1 amide bonds. The minimum absolute atomic E-state index is 0.0494. The van der Waals surface area contributed by atoms with Gasteiger partial charge >= 0.3 is 0 Å². The van der Waals surface area contributed by atoms with Crippen molar-refractivity contribution in [3.8, 4) is 0 Å². The number of rotatable bonds is 6. The Kier molecular flexibility index (Phi) is 6.04. The molecule has 3 aromatic rings. The highest BCUT2D eigenvalue weighted by Gasteiger charge is 2.17. The molecule has 0 aliphatic carbocycles. The zero-order valence-corrected chi connectivity index (χ0v) is 16.7. The summed E-state index contributed by atoms with van der Waals surface area (Å²) >= 11 is 1.18. The van der Waals surface area contributed by atoms with Gasteiger partial charge in [-0.2, -0.15) is 4.99 Å². The third-order valence-electron chi connectivity index (χ3n) is 4.08. The monoisotopic (exact) mass is 424 g/mol. The van der Waals surface area contributed by atoms with Crippen LogP contribution in [0.25, 0.3) is 10.2 Å². The van der Waals surface area contributed by atoms with E-state index < -0.39 is 33.1 Å². The van der Waals surface area contributed by atoms with Crippen LogP contribution in [0.3, 0.4) is 0 Å². The molecule has 0 saturated carbocycles. The van der Waals surface area contributed by atoms with Gasteiger partial charge in [0.2, 0.25) is 5.91 Å². The summed E-state index contributed by atoms with van der Waals surface area (Å²) < 4.78 is 54.0. The summed E-state index contributed by atoms with van der Waals surface area (Å²) in [6.07, 6.45) is 0.406. The summed E-state index contributed by atoms with van der Waals surface area (Å²) in [5.41, 5.74) is 0.389. The fraction of sp³-hybridized carbons (Fsp3) is 0.263. The van der Waals surface area contributed by atoms with Crippen LogP contribution in [0.4, 0.5) is 8.78 Å². The third-order valence-corrected chi connectivity index (χ3v) is 6.85. The molecule has 0 saturated heterocycles. The molecule has 0 aliphatic heterocycles. The SMILES string of the molecule is CCCn1c(=NC(=O)CCS(=O)(=O)c2ccc(F)cc2)sc2cccc(F)c21. The van der Waals surface area contributed by atoms with Crippen LogP contribution in [-0.2, 0) is 21.2 Å². The number of aryl methyl sites for hydroxylation is 1. The van der Waals surface area contributed by atoms with Crippen molar-refractivity contribution in [2.24, 2.45) is 4.99 Å². The van der Waals surface area contributed by atoms with Crippen molar-refractivity contribution in [1.29, 1.82) is 0 Å². The van der Waals surface area contributed by atoms with Crippen molar-refractivity contribution < 1.29 is 22.0 Å². The van der Waals surface area contributed by atoms with Gasteiger partial charge in [-0.15, -0.1) is 0 Å². The highest BCUT2D eigenvalue weighted by Crippen LogP contribution is 2.20. The van der Waals surface area contributed by atoms with Crippen molar-refractivity contribution >= 4 is 37.3 Å². The maximum absolute atomic E-state index is 14.2. The van der Waals surface area contributed by atoms with Crippen LogP contribution in [0.5, 0.6) is 0 Å². The summed E-state index contributed by atoms with van der Waals surface area (Å²) in [6, 6.07) is 9.12. The van der Waals surface area contributed by atoms with Gasteiger partial charge in [0.05, 0.1) is 20.9 Å². The molecule has 28 heavy (non-hydrogen) atoms.